The predicted octanol–water partition coefficient (Wildman–Crippen LogP) is 1.42. The fraction of sp³-hybridized carbons (Fsp3) is 0.500. The monoisotopic (exact) mass is 300 g/mol. The van der Waals surface area contributed by atoms with Crippen LogP contribution >= 0.6 is 0 Å². The second kappa shape index (κ2) is 6.82. The van der Waals surface area contributed by atoms with Crippen LogP contribution in [0.25, 0.3) is 0 Å². The van der Waals surface area contributed by atoms with Crippen molar-refractivity contribution < 1.29 is 23.0 Å². The summed E-state index contributed by atoms with van der Waals surface area (Å²) < 4.78 is 37.3. The molecule has 116 valence electrons. The van der Waals surface area contributed by atoms with Crippen molar-refractivity contribution in [2.75, 3.05) is 38.6 Å². The molecular formula is C14H18F2N2O3. The first kappa shape index (κ1) is 15.7. The maximum absolute atomic E-state index is 13.6. The highest BCUT2D eigenvalue weighted by Gasteiger charge is 2.22. The molecule has 0 aromatic heterocycles. The van der Waals surface area contributed by atoms with Crippen molar-refractivity contribution >= 4 is 11.7 Å². The second-order valence-electron chi connectivity index (χ2n) is 4.84. The molecule has 0 bridgehead atoms. The number of esters is 1. The van der Waals surface area contributed by atoms with E-state index in [0.29, 0.717) is 13.2 Å². The summed E-state index contributed by atoms with van der Waals surface area (Å²) in [5.41, 5.74) is 4.40. The van der Waals surface area contributed by atoms with Crippen molar-refractivity contribution in [3.63, 3.8) is 0 Å². The van der Waals surface area contributed by atoms with Crippen LogP contribution < -0.4 is 5.73 Å². The number of rotatable bonds is 4. The molecule has 0 amide bonds. The average molecular weight is 300 g/mol. The predicted molar refractivity (Wildman–Crippen MR) is 72.9 cm³/mol. The highest BCUT2D eigenvalue weighted by molar-refractivity contribution is 5.90. The van der Waals surface area contributed by atoms with Crippen LogP contribution in [-0.4, -0.2) is 49.8 Å². The fourth-order valence-corrected chi connectivity index (χ4v) is 2.13. The Morgan fingerprint density at radius 2 is 2.24 bits per heavy atom. The molecule has 1 atom stereocenters. The number of nitrogen functional groups attached to an aromatic ring is 1. The molecule has 0 saturated carbocycles. The number of halogens is 2. The lowest BCUT2D eigenvalue weighted by Crippen LogP contribution is -2.44. The maximum atomic E-state index is 13.6. The summed E-state index contributed by atoms with van der Waals surface area (Å²) in [6.07, 6.45) is -0.260. The van der Waals surface area contributed by atoms with Gasteiger partial charge in [-0.25, -0.2) is 13.6 Å². The third-order valence-electron chi connectivity index (χ3n) is 3.38. The summed E-state index contributed by atoms with van der Waals surface area (Å²) in [7, 11) is 0. The molecule has 1 aliphatic rings. The Bertz CT molecular complexity index is 525. The molecule has 7 heteroatoms. The van der Waals surface area contributed by atoms with E-state index in [2.05, 4.69) is 4.90 Å². The first-order valence-electron chi connectivity index (χ1n) is 6.76. The van der Waals surface area contributed by atoms with E-state index < -0.39 is 23.2 Å². The summed E-state index contributed by atoms with van der Waals surface area (Å²) in [6, 6.07) is 1.51. The molecule has 1 unspecified atom stereocenters. The normalized spacial score (nSPS) is 19.5. The number of nitrogens with zero attached hydrogens (tertiary/aromatic N) is 1. The van der Waals surface area contributed by atoms with Crippen LogP contribution in [0.3, 0.4) is 0 Å². The van der Waals surface area contributed by atoms with Gasteiger partial charge in [0.25, 0.3) is 0 Å². The van der Waals surface area contributed by atoms with E-state index in [1.807, 2.05) is 6.92 Å². The zero-order valence-corrected chi connectivity index (χ0v) is 11.8. The minimum absolute atomic E-state index is 0.000763. The molecule has 2 rings (SSSR count). The van der Waals surface area contributed by atoms with Crippen LogP contribution in [0.15, 0.2) is 12.1 Å². The number of hydrogen-bond donors (Lipinski definition) is 1. The van der Waals surface area contributed by atoms with Gasteiger partial charge in [-0.05, 0) is 12.6 Å². The van der Waals surface area contributed by atoms with E-state index in [4.69, 9.17) is 15.2 Å². The Hall–Kier alpha value is -1.73. The summed E-state index contributed by atoms with van der Waals surface area (Å²) >= 11 is 0. The van der Waals surface area contributed by atoms with E-state index >= 15 is 0 Å². The number of carbonyl (C=O) groups is 1. The van der Waals surface area contributed by atoms with Gasteiger partial charge in [0.1, 0.15) is 24.3 Å². The van der Waals surface area contributed by atoms with Crippen molar-refractivity contribution in [3.05, 3.63) is 29.3 Å². The lowest BCUT2D eigenvalue weighted by Gasteiger charge is -2.31. The Morgan fingerprint density at radius 3 is 2.95 bits per heavy atom. The first-order valence-corrected chi connectivity index (χ1v) is 6.76. The van der Waals surface area contributed by atoms with Gasteiger partial charge in [0.05, 0.1) is 17.9 Å². The highest BCUT2D eigenvalue weighted by Crippen LogP contribution is 2.17. The van der Waals surface area contributed by atoms with Crippen LogP contribution in [-0.2, 0) is 9.47 Å². The SMILES string of the molecule is CCN1CCOC(COC(=O)c2cc(F)c(N)cc2F)C1. The van der Waals surface area contributed by atoms with E-state index in [-0.39, 0.29) is 18.4 Å². The van der Waals surface area contributed by atoms with Crippen molar-refractivity contribution in [1.82, 2.24) is 4.90 Å². The van der Waals surface area contributed by atoms with Gasteiger partial charge in [-0.2, -0.15) is 0 Å². The van der Waals surface area contributed by atoms with E-state index in [1.54, 1.807) is 0 Å². The molecule has 1 aliphatic heterocycles. The third kappa shape index (κ3) is 3.89. The molecule has 1 aromatic rings. The number of benzene rings is 1. The number of morpholine rings is 1. The summed E-state index contributed by atoms with van der Waals surface area (Å²) in [5.74, 6) is -2.68. The van der Waals surface area contributed by atoms with Gasteiger partial charge in [-0.1, -0.05) is 6.92 Å². The van der Waals surface area contributed by atoms with Gasteiger partial charge in [0.2, 0.25) is 0 Å². The van der Waals surface area contributed by atoms with Crippen molar-refractivity contribution in [2.45, 2.75) is 13.0 Å². The van der Waals surface area contributed by atoms with E-state index in [1.165, 1.54) is 0 Å². The third-order valence-corrected chi connectivity index (χ3v) is 3.38. The van der Waals surface area contributed by atoms with Gasteiger partial charge in [0, 0.05) is 19.2 Å². The van der Waals surface area contributed by atoms with Crippen molar-refractivity contribution in [2.24, 2.45) is 0 Å². The topological polar surface area (TPSA) is 64.8 Å². The largest absolute Gasteiger partial charge is 0.459 e. The number of nitrogens with two attached hydrogens (primary N) is 1. The number of likely N-dealkylation sites (N-methyl/N-ethyl adjacent to an activating group) is 1. The van der Waals surface area contributed by atoms with Crippen molar-refractivity contribution in [1.29, 1.82) is 0 Å². The summed E-state index contributed by atoms with van der Waals surface area (Å²) in [5, 5.41) is 0. The quantitative estimate of drug-likeness (QED) is 0.673. The van der Waals surface area contributed by atoms with Gasteiger partial charge < -0.3 is 15.2 Å². The number of ether oxygens (including phenoxy) is 2. The molecule has 0 spiro atoms. The second-order valence-corrected chi connectivity index (χ2v) is 4.84. The lowest BCUT2D eigenvalue weighted by atomic mass is 10.2. The molecular weight excluding hydrogens is 282 g/mol. The van der Waals surface area contributed by atoms with Gasteiger partial charge >= 0.3 is 5.97 Å². The van der Waals surface area contributed by atoms with Crippen LogP contribution in [0, 0.1) is 11.6 Å². The Balaban J connectivity index is 1.94. The highest BCUT2D eigenvalue weighted by atomic mass is 19.1. The van der Waals surface area contributed by atoms with E-state index in [0.717, 1.165) is 25.2 Å². The minimum atomic E-state index is -0.927. The van der Waals surface area contributed by atoms with Crippen molar-refractivity contribution in [3.8, 4) is 0 Å². The van der Waals surface area contributed by atoms with Gasteiger partial charge in [0.15, 0.2) is 0 Å². The molecule has 1 saturated heterocycles. The molecule has 0 radical (unpaired) electrons. The minimum Gasteiger partial charge on any atom is -0.459 e. The van der Waals surface area contributed by atoms with E-state index in [9.17, 15) is 13.6 Å². The number of anilines is 1. The summed E-state index contributed by atoms with van der Waals surface area (Å²) in [6.45, 7) is 4.94. The zero-order valence-electron chi connectivity index (χ0n) is 11.8. The molecule has 0 aliphatic carbocycles. The molecule has 1 fully saturated rings. The van der Waals surface area contributed by atoms with Crippen LogP contribution in [0.2, 0.25) is 0 Å². The first-order chi connectivity index (χ1) is 10.0. The fourth-order valence-electron chi connectivity index (χ4n) is 2.13. The van der Waals surface area contributed by atoms with Gasteiger partial charge in [-0.3, -0.25) is 4.90 Å². The Labute approximate surface area is 121 Å². The zero-order chi connectivity index (χ0) is 15.4. The molecule has 5 nitrogen and oxygen atoms in total. The molecule has 2 N–H and O–H groups in total. The Kier molecular flexibility index (Phi) is 5.08. The standard InChI is InChI=1S/C14H18F2N2O3/c1-2-18-3-4-20-9(7-18)8-21-14(19)10-5-12(16)13(17)6-11(10)15/h5-6,9H,2-4,7-8,17H2,1H3. The van der Waals surface area contributed by atoms with Gasteiger partial charge in [-0.15, -0.1) is 0 Å². The summed E-state index contributed by atoms with van der Waals surface area (Å²) in [4.78, 5) is 13.9. The number of hydrogen-bond acceptors (Lipinski definition) is 5. The van der Waals surface area contributed by atoms with Crippen LogP contribution in [0.1, 0.15) is 17.3 Å². The maximum Gasteiger partial charge on any atom is 0.341 e. The number of carbonyl (C=O) groups excluding carboxylic acids is 1. The molecule has 21 heavy (non-hydrogen) atoms. The Morgan fingerprint density at radius 1 is 1.48 bits per heavy atom. The molecule has 1 heterocycles. The van der Waals surface area contributed by atoms with Crippen LogP contribution in [0.4, 0.5) is 14.5 Å². The lowest BCUT2D eigenvalue weighted by molar-refractivity contribution is -0.0579. The average Bonchev–Trinajstić information content (AvgIpc) is 2.48. The smallest absolute Gasteiger partial charge is 0.341 e. The molecule has 1 aromatic carbocycles. The van der Waals surface area contributed by atoms with Crippen LogP contribution in [0.5, 0.6) is 0 Å².